The van der Waals surface area contributed by atoms with Crippen molar-refractivity contribution in [2.45, 2.75) is 13.5 Å². The number of nitrogens with two attached hydrogens (primary N) is 1. The van der Waals surface area contributed by atoms with E-state index in [0.29, 0.717) is 31.1 Å². The van der Waals surface area contributed by atoms with Crippen molar-refractivity contribution >= 4 is 32.5 Å². The van der Waals surface area contributed by atoms with Gasteiger partial charge in [-0.15, -0.1) is 0 Å². The topological polar surface area (TPSA) is 102 Å². The molecule has 1 aromatic heterocycles. The third-order valence-corrected chi connectivity index (χ3v) is 8.03. The summed E-state index contributed by atoms with van der Waals surface area (Å²) in [5.74, 6) is 0.821. The van der Waals surface area contributed by atoms with Crippen LogP contribution in [0.25, 0.3) is 22.2 Å². The Bertz CT molecular complexity index is 1270. The van der Waals surface area contributed by atoms with Gasteiger partial charge in [0.15, 0.2) is 0 Å². The molecule has 0 atom stereocenters. The van der Waals surface area contributed by atoms with Crippen LogP contribution in [0.4, 0.5) is 11.4 Å². The van der Waals surface area contributed by atoms with Gasteiger partial charge >= 0.3 is 10.2 Å². The van der Waals surface area contributed by atoms with Gasteiger partial charge in [-0.05, 0) is 31.2 Å². The average Bonchev–Trinajstić information content (AvgIpc) is 3.35. The lowest BCUT2D eigenvalue weighted by atomic mass is 10.1. The molecule has 34 heavy (non-hydrogen) atoms. The van der Waals surface area contributed by atoms with Gasteiger partial charge in [-0.2, -0.15) is 13.1 Å². The van der Waals surface area contributed by atoms with Crippen molar-refractivity contribution in [2.75, 3.05) is 62.6 Å². The van der Waals surface area contributed by atoms with Crippen LogP contribution in [0.1, 0.15) is 6.92 Å². The summed E-state index contributed by atoms with van der Waals surface area (Å²) >= 11 is 0. The van der Waals surface area contributed by atoms with Gasteiger partial charge in [0.25, 0.3) is 0 Å². The molecule has 2 aliphatic rings. The number of morpholine rings is 1. The van der Waals surface area contributed by atoms with Crippen LogP contribution in [0, 0.1) is 0 Å². The highest BCUT2D eigenvalue weighted by atomic mass is 32.2. The Morgan fingerprint density at radius 1 is 1.09 bits per heavy atom. The first-order valence-electron chi connectivity index (χ1n) is 11.7. The number of nitrogens with one attached hydrogen (secondary N) is 1. The standard InChI is InChI=1S/C24H31N5O4S/c1-2-28-22-17-20(33-16-13-27-11-14-32-15-12-27)7-8-21(22)23(25)24(28)18-3-5-19(6-4-18)29-10-9-26-34(29,30)31/h3-8,17,26H,2,9-16,25H2,1H3. The summed E-state index contributed by atoms with van der Waals surface area (Å²) in [4.78, 5) is 2.35. The number of rotatable bonds is 7. The molecule has 10 heteroatoms. The second kappa shape index (κ2) is 9.46. The van der Waals surface area contributed by atoms with Crippen LogP contribution in [-0.2, 0) is 21.5 Å². The molecule has 2 aromatic carbocycles. The first-order chi connectivity index (χ1) is 16.5. The number of nitrogens with zero attached hydrogens (tertiary/aromatic N) is 3. The minimum absolute atomic E-state index is 0.415. The van der Waals surface area contributed by atoms with Gasteiger partial charge in [0.1, 0.15) is 12.4 Å². The maximum Gasteiger partial charge on any atom is 0.301 e. The van der Waals surface area contributed by atoms with Crippen molar-refractivity contribution in [2.24, 2.45) is 0 Å². The lowest BCUT2D eigenvalue weighted by Crippen LogP contribution is -2.38. The zero-order valence-corrected chi connectivity index (χ0v) is 20.2. The van der Waals surface area contributed by atoms with Crippen molar-refractivity contribution in [1.29, 1.82) is 0 Å². The van der Waals surface area contributed by atoms with E-state index < -0.39 is 10.2 Å². The summed E-state index contributed by atoms with van der Waals surface area (Å²) in [5.41, 5.74) is 10.8. The maximum atomic E-state index is 12.2. The zero-order valence-electron chi connectivity index (χ0n) is 19.4. The second-order valence-electron chi connectivity index (χ2n) is 8.51. The van der Waals surface area contributed by atoms with Gasteiger partial charge in [0.05, 0.1) is 35.8 Å². The number of ether oxygens (including phenoxy) is 2. The van der Waals surface area contributed by atoms with E-state index in [1.54, 1.807) is 0 Å². The molecule has 182 valence electrons. The van der Waals surface area contributed by atoms with Crippen molar-refractivity contribution < 1.29 is 17.9 Å². The molecule has 2 aliphatic heterocycles. The van der Waals surface area contributed by atoms with E-state index in [4.69, 9.17) is 15.2 Å². The molecule has 3 aromatic rings. The fourth-order valence-corrected chi connectivity index (χ4v) is 5.97. The normalized spacial score (nSPS) is 18.6. The zero-order chi connectivity index (χ0) is 23.7. The van der Waals surface area contributed by atoms with E-state index in [0.717, 1.165) is 67.3 Å². The fraction of sp³-hybridized carbons (Fsp3) is 0.417. The van der Waals surface area contributed by atoms with Crippen LogP contribution < -0.4 is 19.5 Å². The van der Waals surface area contributed by atoms with Crippen molar-refractivity contribution in [3.05, 3.63) is 42.5 Å². The van der Waals surface area contributed by atoms with Crippen molar-refractivity contribution in [1.82, 2.24) is 14.2 Å². The largest absolute Gasteiger partial charge is 0.492 e. The van der Waals surface area contributed by atoms with Gasteiger partial charge in [-0.1, -0.05) is 12.1 Å². The highest BCUT2D eigenvalue weighted by Gasteiger charge is 2.28. The second-order valence-corrected chi connectivity index (χ2v) is 10.2. The first-order valence-corrected chi connectivity index (χ1v) is 13.1. The number of aryl methyl sites for hydroxylation is 1. The van der Waals surface area contributed by atoms with Crippen molar-refractivity contribution in [3.8, 4) is 17.0 Å². The quantitative estimate of drug-likeness (QED) is 0.532. The lowest BCUT2D eigenvalue weighted by Gasteiger charge is -2.26. The molecule has 3 heterocycles. The molecule has 0 bridgehead atoms. The summed E-state index contributed by atoms with van der Waals surface area (Å²) in [6.45, 7) is 8.62. The molecule has 0 saturated carbocycles. The minimum atomic E-state index is -3.45. The van der Waals surface area contributed by atoms with Crippen LogP contribution in [0.15, 0.2) is 42.5 Å². The maximum absolute atomic E-state index is 12.2. The number of anilines is 2. The first kappa shape index (κ1) is 23.0. The number of fused-ring (bicyclic) bond motifs is 1. The SMILES string of the molecule is CCn1c(-c2ccc(N3CCNS3(=O)=O)cc2)c(N)c2ccc(OCCN3CCOCC3)cc21. The van der Waals surface area contributed by atoms with Crippen LogP contribution in [-0.4, -0.2) is 70.4 Å². The molecule has 2 saturated heterocycles. The average molecular weight is 486 g/mol. The molecule has 0 amide bonds. The Balaban J connectivity index is 1.39. The predicted octanol–water partition coefficient (Wildman–Crippen LogP) is 2.28. The Morgan fingerprint density at radius 2 is 1.85 bits per heavy atom. The summed E-state index contributed by atoms with van der Waals surface area (Å²) in [6.07, 6.45) is 0. The van der Waals surface area contributed by atoms with Gasteiger partial charge in [-0.3, -0.25) is 9.21 Å². The van der Waals surface area contributed by atoms with E-state index in [1.165, 1.54) is 4.31 Å². The Morgan fingerprint density at radius 3 is 2.53 bits per heavy atom. The van der Waals surface area contributed by atoms with Gasteiger partial charge in [0, 0.05) is 56.3 Å². The van der Waals surface area contributed by atoms with Crippen LogP contribution >= 0.6 is 0 Å². The number of nitrogen functional groups attached to an aromatic ring is 1. The molecule has 3 N–H and O–H groups in total. The number of hydrogen-bond donors (Lipinski definition) is 2. The third kappa shape index (κ3) is 4.34. The summed E-state index contributed by atoms with van der Waals surface area (Å²) in [5, 5.41) is 0.979. The van der Waals surface area contributed by atoms with Gasteiger partial charge in [0.2, 0.25) is 0 Å². The molecule has 0 aliphatic carbocycles. The fourth-order valence-electron chi connectivity index (χ4n) is 4.73. The highest BCUT2D eigenvalue weighted by molar-refractivity contribution is 7.91. The van der Waals surface area contributed by atoms with E-state index in [2.05, 4.69) is 27.2 Å². The molecule has 0 unspecified atom stereocenters. The van der Waals surface area contributed by atoms with Crippen molar-refractivity contribution in [3.63, 3.8) is 0 Å². The smallest absolute Gasteiger partial charge is 0.301 e. The molecule has 2 fully saturated rings. The predicted molar refractivity (Wildman–Crippen MR) is 134 cm³/mol. The highest BCUT2D eigenvalue weighted by Crippen LogP contribution is 2.38. The van der Waals surface area contributed by atoms with E-state index in [-0.39, 0.29) is 0 Å². The van der Waals surface area contributed by atoms with Crippen LogP contribution in [0.3, 0.4) is 0 Å². The summed E-state index contributed by atoms with van der Waals surface area (Å²) in [6, 6.07) is 13.6. The van der Waals surface area contributed by atoms with Gasteiger partial charge in [-0.25, -0.2) is 0 Å². The molecule has 0 radical (unpaired) electrons. The van der Waals surface area contributed by atoms with E-state index in [9.17, 15) is 8.42 Å². The molecular formula is C24H31N5O4S. The molecule has 0 spiro atoms. The Hall–Kier alpha value is -2.79. The number of benzene rings is 2. The lowest BCUT2D eigenvalue weighted by molar-refractivity contribution is 0.0322. The van der Waals surface area contributed by atoms with Crippen LogP contribution in [0.5, 0.6) is 5.75 Å². The third-order valence-electron chi connectivity index (χ3n) is 6.49. The van der Waals surface area contributed by atoms with Crippen LogP contribution in [0.2, 0.25) is 0 Å². The monoisotopic (exact) mass is 485 g/mol. The number of hydrogen-bond acceptors (Lipinski definition) is 6. The van der Waals surface area contributed by atoms with E-state index in [1.807, 2.05) is 36.4 Å². The summed E-state index contributed by atoms with van der Waals surface area (Å²) < 4.78 is 41.9. The Kier molecular flexibility index (Phi) is 6.39. The Labute approximate surface area is 200 Å². The number of aromatic nitrogens is 1. The minimum Gasteiger partial charge on any atom is -0.492 e. The van der Waals surface area contributed by atoms with Gasteiger partial charge < -0.3 is 19.8 Å². The molecular weight excluding hydrogens is 454 g/mol. The van der Waals surface area contributed by atoms with E-state index >= 15 is 0 Å². The summed E-state index contributed by atoms with van der Waals surface area (Å²) in [7, 11) is -3.45. The molecule has 5 rings (SSSR count). The molecule has 9 nitrogen and oxygen atoms in total.